The van der Waals surface area contributed by atoms with Gasteiger partial charge in [-0.3, -0.25) is 0 Å². The molecule has 2 heterocycles. The Bertz CT molecular complexity index is 591. The second-order valence-corrected chi connectivity index (χ2v) is 3.64. The van der Waals surface area contributed by atoms with Gasteiger partial charge in [0.05, 0.1) is 19.9 Å². The number of ether oxygens (including phenoxy) is 2. The first-order valence-electron chi connectivity index (χ1n) is 5.44. The number of hydrogen-bond donors (Lipinski definition) is 1. The zero-order valence-corrected chi connectivity index (χ0v) is 10.5. The molecule has 0 bridgehead atoms. The van der Waals surface area contributed by atoms with Crippen LogP contribution in [0.5, 0.6) is 11.6 Å². The summed E-state index contributed by atoms with van der Waals surface area (Å²) >= 11 is 0. The Morgan fingerprint density at radius 1 is 1.26 bits per heavy atom. The second-order valence-electron chi connectivity index (χ2n) is 3.64. The molecule has 6 nitrogen and oxygen atoms in total. The Balaban J connectivity index is 2.61. The van der Waals surface area contributed by atoms with Crippen molar-refractivity contribution in [3.63, 3.8) is 0 Å². The molecule has 0 unspecified atom stereocenters. The van der Waals surface area contributed by atoms with E-state index >= 15 is 0 Å². The van der Waals surface area contributed by atoms with Gasteiger partial charge in [0.15, 0.2) is 5.69 Å². The van der Waals surface area contributed by atoms with Crippen LogP contribution in [0.1, 0.15) is 10.5 Å². The summed E-state index contributed by atoms with van der Waals surface area (Å²) in [5.41, 5.74) is 0.777. The summed E-state index contributed by atoms with van der Waals surface area (Å²) in [6.07, 6.45) is 1.42. The van der Waals surface area contributed by atoms with E-state index in [2.05, 4.69) is 9.97 Å². The standard InChI is InChI=1S/C13H12N2O4/c1-18-8-6-10(15-11(7-8)19-2)9-4-3-5-14-12(9)13(16)17/h3-7H,1-2H3,(H,16,17). The summed E-state index contributed by atoms with van der Waals surface area (Å²) in [4.78, 5) is 19.2. The number of carbonyl (C=O) groups is 1. The number of rotatable bonds is 4. The number of carboxylic acid groups (broad SMARTS) is 1. The average Bonchev–Trinajstić information content (AvgIpc) is 2.46. The Morgan fingerprint density at radius 3 is 2.68 bits per heavy atom. The quantitative estimate of drug-likeness (QED) is 0.903. The smallest absolute Gasteiger partial charge is 0.355 e. The van der Waals surface area contributed by atoms with Crippen molar-refractivity contribution < 1.29 is 19.4 Å². The van der Waals surface area contributed by atoms with Gasteiger partial charge in [0.1, 0.15) is 5.75 Å². The van der Waals surface area contributed by atoms with Gasteiger partial charge in [-0.1, -0.05) is 0 Å². The summed E-state index contributed by atoms with van der Waals surface area (Å²) in [6.45, 7) is 0. The van der Waals surface area contributed by atoms with Crippen molar-refractivity contribution in [2.24, 2.45) is 0 Å². The van der Waals surface area contributed by atoms with E-state index in [0.29, 0.717) is 22.9 Å². The molecule has 2 aromatic heterocycles. The third kappa shape index (κ3) is 2.62. The van der Waals surface area contributed by atoms with Gasteiger partial charge in [-0.25, -0.2) is 14.8 Å². The topological polar surface area (TPSA) is 81.5 Å². The van der Waals surface area contributed by atoms with Crippen molar-refractivity contribution >= 4 is 5.97 Å². The minimum atomic E-state index is -1.11. The Labute approximate surface area is 109 Å². The predicted octanol–water partition coefficient (Wildman–Crippen LogP) is 1.86. The highest BCUT2D eigenvalue weighted by molar-refractivity contribution is 5.93. The van der Waals surface area contributed by atoms with Crippen LogP contribution in [0.3, 0.4) is 0 Å². The maximum atomic E-state index is 11.2. The van der Waals surface area contributed by atoms with E-state index in [1.807, 2.05) is 0 Å². The summed E-state index contributed by atoms with van der Waals surface area (Å²) < 4.78 is 10.2. The normalized spacial score (nSPS) is 10.0. The first-order valence-corrected chi connectivity index (χ1v) is 5.44. The van der Waals surface area contributed by atoms with Crippen molar-refractivity contribution in [1.82, 2.24) is 9.97 Å². The van der Waals surface area contributed by atoms with Gasteiger partial charge < -0.3 is 14.6 Å². The highest BCUT2D eigenvalue weighted by Gasteiger charge is 2.15. The lowest BCUT2D eigenvalue weighted by Gasteiger charge is -2.08. The number of methoxy groups -OCH3 is 2. The monoisotopic (exact) mass is 260 g/mol. The van der Waals surface area contributed by atoms with E-state index in [9.17, 15) is 4.79 Å². The summed E-state index contributed by atoms with van der Waals surface area (Å²) in [6, 6.07) is 6.53. The number of aromatic nitrogens is 2. The van der Waals surface area contributed by atoms with Crippen LogP contribution in [-0.2, 0) is 0 Å². The number of hydrogen-bond acceptors (Lipinski definition) is 5. The molecule has 0 amide bonds. The predicted molar refractivity (Wildman–Crippen MR) is 67.5 cm³/mol. The van der Waals surface area contributed by atoms with Crippen LogP contribution in [0.25, 0.3) is 11.3 Å². The Kier molecular flexibility index (Phi) is 3.61. The summed E-state index contributed by atoms with van der Waals surface area (Å²) in [7, 11) is 2.99. The molecule has 0 aliphatic heterocycles. The fraction of sp³-hybridized carbons (Fsp3) is 0.154. The number of aromatic carboxylic acids is 1. The van der Waals surface area contributed by atoms with E-state index in [-0.39, 0.29) is 5.69 Å². The second kappa shape index (κ2) is 5.34. The van der Waals surface area contributed by atoms with Crippen LogP contribution >= 0.6 is 0 Å². The zero-order chi connectivity index (χ0) is 13.8. The minimum absolute atomic E-state index is 0.0645. The minimum Gasteiger partial charge on any atom is -0.496 e. The molecule has 0 aliphatic carbocycles. The van der Waals surface area contributed by atoms with Crippen molar-refractivity contribution in [1.29, 1.82) is 0 Å². The van der Waals surface area contributed by atoms with Crippen LogP contribution < -0.4 is 9.47 Å². The van der Waals surface area contributed by atoms with Crippen LogP contribution in [-0.4, -0.2) is 35.3 Å². The summed E-state index contributed by atoms with van der Waals surface area (Å²) in [5.74, 6) is -0.240. The SMILES string of the molecule is COc1cc(OC)nc(-c2cccnc2C(=O)O)c1. The van der Waals surface area contributed by atoms with Crippen molar-refractivity contribution in [2.45, 2.75) is 0 Å². The molecule has 0 saturated carbocycles. The fourth-order valence-corrected chi connectivity index (χ4v) is 1.62. The van der Waals surface area contributed by atoms with E-state index < -0.39 is 5.97 Å². The van der Waals surface area contributed by atoms with Crippen molar-refractivity contribution in [3.8, 4) is 22.9 Å². The highest BCUT2D eigenvalue weighted by atomic mass is 16.5. The number of pyridine rings is 2. The first-order chi connectivity index (χ1) is 9.15. The van der Waals surface area contributed by atoms with Crippen LogP contribution in [0.15, 0.2) is 30.5 Å². The average molecular weight is 260 g/mol. The van der Waals surface area contributed by atoms with Gasteiger partial charge in [-0.2, -0.15) is 0 Å². The lowest BCUT2D eigenvalue weighted by atomic mass is 10.1. The van der Waals surface area contributed by atoms with E-state index in [1.54, 1.807) is 24.3 Å². The van der Waals surface area contributed by atoms with Gasteiger partial charge in [0, 0.05) is 23.9 Å². The molecule has 0 spiro atoms. The van der Waals surface area contributed by atoms with Gasteiger partial charge >= 0.3 is 5.97 Å². The molecular formula is C13H12N2O4. The lowest BCUT2D eigenvalue weighted by molar-refractivity contribution is 0.0691. The van der Waals surface area contributed by atoms with Gasteiger partial charge in [-0.05, 0) is 12.1 Å². The van der Waals surface area contributed by atoms with Crippen molar-refractivity contribution in [2.75, 3.05) is 14.2 Å². The molecule has 0 radical (unpaired) electrons. The lowest BCUT2D eigenvalue weighted by Crippen LogP contribution is -2.04. The first kappa shape index (κ1) is 12.8. The van der Waals surface area contributed by atoms with Crippen LogP contribution in [0.2, 0.25) is 0 Å². The fourth-order valence-electron chi connectivity index (χ4n) is 1.62. The Hall–Kier alpha value is -2.63. The highest BCUT2D eigenvalue weighted by Crippen LogP contribution is 2.27. The van der Waals surface area contributed by atoms with E-state index in [4.69, 9.17) is 14.6 Å². The molecule has 98 valence electrons. The van der Waals surface area contributed by atoms with Crippen molar-refractivity contribution in [3.05, 3.63) is 36.2 Å². The largest absolute Gasteiger partial charge is 0.496 e. The third-order valence-electron chi connectivity index (χ3n) is 2.51. The summed E-state index contributed by atoms with van der Waals surface area (Å²) in [5, 5.41) is 9.13. The van der Waals surface area contributed by atoms with Gasteiger partial charge in [-0.15, -0.1) is 0 Å². The molecule has 0 fully saturated rings. The van der Waals surface area contributed by atoms with Crippen LogP contribution in [0.4, 0.5) is 0 Å². The number of nitrogens with zero attached hydrogens (tertiary/aromatic N) is 2. The molecule has 0 aliphatic rings. The molecule has 6 heteroatoms. The molecule has 19 heavy (non-hydrogen) atoms. The molecule has 2 aromatic rings. The maximum absolute atomic E-state index is 11.2. The zero-order valence-electron chi connectivity index (χ0n) is 10.5. The number of carboxylic acids is 1. The molecule has 2 rings (SSSR count). The maximum Gasteiger partial charge on any atom is 0.355 e. The molecule has 1 N–H and O–H groups in total. The van der Waals surface area contributed by atoms with E-state index in [0.717, 1.165) is 0 Å². The molecule has 0 atom stereocenters. The molecular weight excluding hydrogens is 248 g/mol. The Morgan fingerprint density at radius 2 is 2.05 bits per heavy atom. The van der Waals surface area contributed by atoms with Gasteiger partial charge in [0.2, 0.25) is 5.88 Å². The molecule has 0 aromatic carbocycles. The molecule has 0 saturated heterocycles. The van der Waals surface area contributed by atoms with Crippen LogP contribution in [0, 0.1) is 0 Å². The third-order valence-corrected chi connectivity index (χ3v) is 2.51. The van der Waals surface area contributed by atoms with E-state index in [1.165, 1.54) is 20.4 Å². The van der Waals surface area contributed by atoms with Gasteiger partial charge in [0.25, 0.3) is 0 Å².